The van der Waals surface area contributed by atoms with Gasteiger partial charge in [0.1, 0.15) is 11.3 Å². The van der Waals surface area contributed by atoms with Gasteiger partial charge in [-0.3, -0.25) is 4.79 Å². The summed E-state index contributed by atoms with van der Waals surface area (Å²) in [5.41, 5.74) is 0.0450. The Labute approximate surface area is 120 Å². The minimum atomic E-state index is -1.25. The Kier molecular flexibility index (Phi) is 4.27. The molecule has 1 aromatic carbocycles. The standard InChI is InChI=1S/C13H15N3O5/c17-10-7-8(1-2-9(10)12(19)20)15-13(21)16-5-3-11(18)14-4-6-16/h1-2,7,17H,3-6H2,(H,14,18)(H,15,21)(H,19,20). The number of carboxylic acids is 1. The van der Waals surface area contributed by atoms with E-state index in [1.165, 1.54) is 23.1 Å². The van der Waals surface area contributed by atoms with Gasteiger partial charge in [0, 0.05) is 37.8 Å². The SMILES string of the molecule is O=C1CCN(C(=O)Nc2ccc(C(=O)O)c(O)c2)CCN1. The zero-order chi connectivity index (χ0) is 15.4. The Balaban J connectivity index is 2.04. The van der Waals surface area contributed by atoms with E-state index in [1.54, 1.807) is 0 Å². The maximum atomic E-state index is 12.0. The molecule has 112 valence electrons. The maximum absolute atomic E-state index is 12.0. The van der Waals surface area contributed by atoms with Crippen LogP contribution >= 0.6 is 0 Å². The summed E-state index contributed by atoms with van der Waals surface area (Å²) in [5.74, 6) is -1.77. The highest BCUT2D eigenvalue weighted by Crippen LogP contribution is 2.22. The monoisotopic (exact) mass is 293 g/mol. The third kappa shape index (κ3) is 3.62. The number of carboxylic acid groups (broad SMARTS) is 1. The first-order valence-corrected chi connectivity index (χ1v) is 6.36. The second kappa shape index (κ2) is 6.12. The van der Waals surface area contributed by atoms with Crippen LogP contribution in [-0.4, -0.2) is 52.7 Å². The van der Waals surface area contributed by atoms with E-state index in [-0.39, 0.29) is 23.6 Å². The first-order valence-electron chi connectivity index (χ1n) is 6.36. The molecular formula is C13H15N3O5. The topological polar surface area (TPSA) is 119 Å². The number of anilines is 1. The molecule has 0 spiro atoms. The van der Waals surface area contributed by atoms with Crippen LogP contribution < -0.4 is 10.6 Å². The quantitative estimate of drug-likeness (QED) is 0.631. The van der Waals surface area contributed by atoms with E-state index in [1.807, 2.05) is 0 Å². The van der Waals surface area contributed by atoms with Crippen molar-refractivity contribution in [3.05, 3.63) is 23.8 Å². The Morgan fingerprint density at radius 1 is 1.29 bits per heavy atom. The molecule has 1 heterocycles. The fourth-order valence-electron chi connectivity index (χ4n) is 1.96. The second-order valence-electron chi connectivity index (χ2n) is 4.55. The summed E-state index contributed by atoms with van der Waals surface area (Å²) in [5, 5.41) is 23.6. The third-order valence-electron chi connectivity index (χ3n) is 3.08. The van der Waals surface area contributed by atoms with E-state index in [0.29, 0.717) is 19.6 Å². The molecule has 0 aromatic heterocycles. The number of hydrogen-bond acceptors (Lipinski definition) is 4. The minimum absolute atomic E-state index is 0.103. The van der Waals surface area contributed by atoms with Crippen LogP contribution in [0.2, 0.25) is 0 Å². The van der Waals surface area contributed by atoms with Crippen molar-refractivity contribution >= 4 is 23.6 Å². The Morgan fingerprint density at radius 2 is 2.05 bits per heavy atom. The van der Waals surface area contributed by atoms with E-state index in [2.05, 4.69) is 10.6 Å². The van der Waals surface area contributed by atoms with Gasteiger partial charge < -0.3 is 25.7 Å². The van der Waals surface area contributed by atoms with Crippen LogP contribution in [-0.2, 0) is 4.79 Å². The molecule has 3 amide bonds. The second-order valence-corrected chi connectivity index (χ2v) is 4.55. The molecule has 1 aromatic rings. The molecule has 2 rings (SSSR count). The average Bonchev–Trinajstić information content (AvgIpc) is 2.63. The van der Waals surface area contributed by atoms with E-state index < -0.39 is 17.7 Å². The number of aromatic hydroxyl groups is 1. The highest BCUT2D eigenvalue weighted by Gasteiger charge is 2.19. The van der Waals surface area contributed by atoms with Gasteiger partial charge in [-0.1, -0.05) is 0 Å². The van der Waals surface area contributed by atoms with E-state index in [9.17, 15) is 19.5 Å². The largest absolute Gasteiger partial charge is 0.507 e. The van der Waals surface area contributed by atoms with Crippen LogP contribution in [0.5, 0.6) is 5.75 Å². The summed E-state index contributed by atoms with van der Waals surface area (Å²) in [6.07, 6.45) is 0.233. The fourth-order valence-corrected chi connectivity index (χ4v) is 1.96. The molecular weight excluding hydrogens is 278 g/mol. The first kappa shape index (κ1) is 14.6. The summed E-state index contributed by atoms with van der Waals surface area (Å²) < 4.78 is 0. The van der Waals surface area contributed by atoms with Crippen molar-refractivity contribution in [2.24, 2.45) is 0 Å². The molecule has 4 N–H and O–H groups in total. The molecule has 1 aliphatic rings. The van der Waals surface area contributed by atoms with Gasteiger partial charge in [0.25, 0.3) is 0 Å². The van der Waals surface area contributed by atoms with Gasteiger partial charge in [-0.25, -0.2) is 9.59 Å². The van der Waals surface area contributed by atoms with Crippen LogP contribution in [0.4, 0.5) is 10.5 Å². The summed E-state index contributed by atoms with van der Waals surface area (Å²) in [6.45, 7) is 1.07. The Hall–Kier alpha value is -2.77. The van der Waals surface area contributed by atoms with Crippen LogP contribution in [0, 0.1) is 0 Å². The lowest BCUT2D eigenvalue weighted by Gasteiger charge is -2.20. The number of phenols is 1. The van der Waals surface area contributed by atoms with Gasteiger partial charge in [-0.2, -0.15) is 0 Å². The maximum Gasteiger partial charge on any atom is 0.339 e. The molecule has 0 saturated carbocycles. The normalized spacial score (nSPS) is 15.0. The highest BCUT2D eigenvalue weighted by atomic mass is 16.4. The van der Waals surface area contributed by atoms with Gasteiger partial charge in [-0.05, 0) is 12.1 Å². The Morgan fingerprint density at radius 3 is 2.71 bits per heavy atom. The van der Waals surface area contributed by atoms with Crippen molar-refractivity contribution in [2.45, 2.75) is 6.42 Å². The summed E-state index contributed by atoms with van der Waals surface area (Å²) in [4.78, 5) is 35.5. The fraction of sp³-hybridized carbons (Fsp3) is 0.308. The zero-order valence-corrected chi connectivity index (χ0v) is 11.1. The van der Waals surface area contributed by atoms with Gasteiger partial charge in [0.15, 0.2) is 0 Å². The van der Waals surface area contributed by atoms with Crippen LogP contribution in [0.25, 0.3) is 0 Å². The number of carbonyl (C=O) groups excluding carboxylic acids is 2. The van der Waals surface area contributed by atoms with Gasteiger partial charge in [0.05, 0.1) is 0 Å². The highest BCUT2D eigenvalue weighted by molar-refractivity contribution is 5.94. The molecule has 0 bridgehead atoms. The Bertz CT molecular complexity index is 587. The molecule has 1 saturated heterocycles. The van der Waals surface area contributed by atoms with E-state index in [4.69, 9.17) is 5.11 Å². The molecule has 21 heavy (non-hydrogen) atoms. The van der Waals surface area contributed by atoms with Crippen LogP contribution in [0.15, 0.2) is 18.2 Å². The number of aromatic carboxylic acids is 1. The molecule has 0 aliphatic carbocycles. The molecule has 0 atom stereocenters. The first-order chi connectivity index (χ1) is 9.97. The van der Waals surface area contributed by atoms with Crippen molar-refractivity contribution in [2.75, 3.05) is 25.0 Å². The minimum Gasteiger partial charge on any atom is -0.507 e. The van der Waals surface area contributed by atoms with Gasteiger partial charge in [0.2, 0.25) is 5.91 Å². The van der Waals surface area contributed by atoms with Crippen molar-refractivity contribution in [1.82, 2.24) is 10.2 Å². The lowest BCUT2D eigenvalue weighted by Crippen LogP contribution is -2.37. The number of benzene rings is 1. The molecule has 0 unspecified atom stereocenters. The van der Waals surface area contributed by atoms with Crippen molar-refractivity contribution in [1.29, 1.82) is 0 Å². The summed E-state index contributed by atoms with van der Waals surface area (Å²) >= 11 is 0. The number of urea groups is 1. The summed E-state index contributed by atoms with van der Waals surface area (Å²) in [7, 11) is 0. The predicted molar refractivity (Wildman–Crippen MR) is 73.3 cm³/mol. The lowest BCUT2D eigenvalue weighted by atomic mass is 10.2. The number of nitrogens with one attached hydrogen (secondary N) is 2. The number of carbonyl (C=O) groups is 3. The van der Waals surface area contributed by atoms with Crippen LogP contribution in [0.1, 0.15) is 16.8 Å². The average molecular weight is 293 g/mol. The number of hydrogen-bond donors (Lipinski definition) is 4. The molecule has 8 heteroatoms. The van der Waals surface area contributed by atoms with Crippen molar-refractivity contribution < 1.29 is 24.6 Å². The van der Waals surface area contributed by atoms with Gasteiger partial charge in [-0.15, -0.1) is 0 Å². The van der Waals surface area contributed by atoms with E-state index in [0.717, 1.165) is 0 Å². The smallest absolute Gasteiger partial charge is 0.339 e. The third-order valence-corrected chi connectivity index (χ3v) is 3.08. The molecule has 0 radical (unpaired) electrons. The summed E-state index contributed by atoms with van der Waals surface area (Å²) in [6, 6.07) is 3.36. The zero-order valence-electron chi connectivity index (χ0n) is 11.1. The lowest BCUT2D eigenvalue weighted by molar-refractivity contribution is -0.120. The number of nitrogens with zero attached hydrogens (tertiary/aromatic N) is 1. The molecule has 1 aliphatic heterocycles. The van der Waals surface area contributed by atoms with Crippen molar-refractivity contribution in [3.8, 4) is 5.75 Å². The number of amides is 3. The number of rotatable bonds is 2. The predicted octanol–water partition coefficient (Wildman–Crippen LogP) is 0.444. The van der Waals surface area contributed by atoms with E-state index >= 15 is 0 Å². The molecule has 1 fully saturated rings. The van der Waals surface area contributed by atoms with Crippen molar-refractivity contribution in [3.63, 3.8) is 0 Å². The van der Waals surface area contributed by atoms with Crippen LogP contribution in [0.3, 0.4) is 0 Å². The van der Waals surface area contributed by atoms with Gasteiger partial charge >= 0.3 is 12.0 Å². The molecule has 8 nitrogen and oxygen atoms in total.